The van der Waals surface area contributed by atoms with E-state index in [-0.39, 0.29) is 12.5 Å². The van der Waals surface area contributed by atoms with Gasteiger partial charge in [0.2, 0.25) is 11.7 Å². The average molecular weight is 401 g/mol. The lowest BCUT2D eigenvalue weighted by Gasteiger charge is -2.08. The van der Waals surface area contributed by atoms with Crippen LogP contribution in [0.15, 0.2) is 54.6 Å². The summed E-state index contributed by atoms with van der Waals surface area (Å²) in [4.78, 5) is 13.7. The summed E-state index contributed by atoms with van der Waals surface area (Å²) in [6.07, 6.45) is 0. The van der Waals surface area contributed by atoms with Crippen LogP contribution < -0.4 is 5.32 Å². The van der Waals surface area contributed by atoms with Crippen molar-refractivity contribution < 1.29 is 4.79 Å². The summed E-state index contributed by atoms with van der Waals surface area (Å²) in [7, 11) is 0. The van der Waals surface area contributed by atoms with Gasteiger partial charge in [-0.05, 0) is 49.7 Å². The number of hydrogen-bond donors (Lipinski definition) is 1. The third-order valence-electron chi connectivity index (χ3n) is 4.69. The molecule has 2 heterocycles. The van der Waals surface area contributed by atoms with Gasteiger partial charge in [0.25, 0.3) is 0 Å². The third kappa shape index (κ3) is 4.60. The van der Waals surface area contributed by atoms with Crippen LogP contribution in [0.3, 0.4) is 0 Å². The molecule has 0 bridgehead atoms. The van der Waals surface area contributed by atoms with Crippen molar-refractivity contribution in [1.29, 1.82) is 0 Å². The summed E-state index contributed by atoms with van der Waals surface area (Å²) in [5.74, 6) is 0.279. The van der Waals surface area contributed by atoms with Crippen LogP contribution in [0, 0.1) is 20.8 Å². The number of benzene rings is 2. The molecule has 1 N–H and O–H groups in total. The number of tetrazole rings is 1. The van der Waals surface area contributed by atoms with Crippen molar-refractivity contribution in [1.82, 2.24) is 30.0 Å². The SMILES string of the molecule is Cc1ccc(-c2nnn(CC(=O)Nc3cccc(Cn4nc(C)cc4C)c3)n2)cc1. The van der Waals surface area contributed by atoms with Gasteiger partial charge < -0.3 is 5.32 Å². The molecule has 4 rings (SSSR count). The van der Waals surface area contributed by atoms with Gasteiger partial charge in [0.05, 0.1) is 12.2 Å². The summed E-state index contributed by atoms with van der Waals surface area (Å²) >= 11 is 0. The van der Waals surface area contributed by atoms with E-state index >= 15 is 0 Å². The highest BCUT2D eigenvalue weighted by molar-refractivity contribution is 5.90. The maximum absolute atomic E-state index is 12.4. The smallest absolute Gasteiger partial charge is 0.248 e. The van der Waals surface area contributed by atoms with Gasteiger partial charge in [-0.3, -0.25) is 9.48 Å². The van der Waals surface area contributed by atoms with Crippen molar-refractivity contribution in [3.05, 3.63) is 77.1 Å². The number of nitrogens with one attached hydrogen (secondary N) is 1. The number of nitrogens with zero attached hydrogens (tertiary/aromatic N) is 6. The predicted octanol–water partition coefficient (Wildman–Crippen LogP) is 3.15. The lowest BCUT2D eigenvalue weighted by molar-refractivity contribution is -0.117. The van der Waals surface area contributed by atoms with Crippen molar-refractivity contribution in [3.63, 3.8) is 0 Å². The fraction of sp³-hybridized carbons (Fsp3) is 0.227. The molecule has 2 aromatic heterocycles. The van der Waals surface area contributed by atoms with E-state index in [0.717, 1.165) is 33.8 Å². The van der Waals surface area contributed by atoms with Gasteiger partial charge >= 0.3 is 0 Å². The van der Waals surface area contributed by atoms with E-state index in [1.54, 1.807) is 0 Å². The minimum Gasteiger partial charge on any atom is -0.324 e. The Morgan fingerprint density at radius 3 is 2.53 bits per heavy atom. The van der Waals surface area contributed by atoms with Gasteiger partial charge in [-0.15, -0.1) is 10.2 Å². The van der Waals surface area contributed by atoms with E-state index in [0.29, 0.717) is 12.4 Å². The van der Waals surface area contributed by atoms with Crippen LogP contribution in [0.5, 0.6) is 0 Å². The first-order valence-electron chi connectivity index (χ1n) is 9.71. The Balaban J connectivity index is 1.39. The molecule has 0 aliphatic heterocycles. The Morgan fingerprint density at radius 2 is 1.80 bits per heavy atom. The molecule has 0 spiro atoms. The molecular weight excluding hydrogens is 378 g/mol. The zero-order valence-electron chi connectivity index (χ0n) is 17.2. The van der Waals surface area contributed by atoms with E-state index in [2.05, 4.69) is 25.8 Å². The Kier molecular flexibility index (Phi) is 5.38. The molecule has 0 aliphatic carbocycles. The number of aromatic nitrogens is 6. The highest BCUT2D eigenvalue weighted by Crippen LogP contribution is 2.15. The van der Waals surface area contributed by atoms with Crippen molar-refractivity contribution in [2.24, 2.45) is 0 Å². The van der Waals surface area contributed by atoms with Crippen LogP contribution in [0.4, 0.5) is 5.69 Å². The molecule has 0 radical (unpaired) electrons. The molecule has 0 saturated carbocycles. The Hall–Kier alpha value is -3.81. The van der Waals surface area contributed by atoms with E-state index in [1.165, 1.54) is 4.80 Å². The molecule has 30 heavy (non-hydrogen) atoms. The molecule has 4 aromatic rings. The summed E-state index contributed by atoms with van der Waals surface area (Å²) in [6, 6.07) is 17.6. The van der Waals surface area contributed by atoms with Gasteiger partial charge in [0.15, 0.2) is 0 Å². The van der Waals surface area contributed by atoms with E-state index in [4.69, 9.17) is 0 Å². The normalized spacial score (nSPS) is 10.9. The van der Waals surface area contributed by atoms with E-state index < -0.39 is 0 Å². The lowest BCUT2D eigenvalue weighted by atomic mass is 10.1. The van der Waals surface area contributed by atoms with Crippen LogP contribution in [0.2, 0.25) is 0 Å². The van der Waals surface area contributed by atoms with Crippen LogP contribution in [0.1, 0.15) is 22.5 Å². The van der Waals surface area contributed by atoms with Gasteiger partial charge in [-0.25, -0.2) is 0 Å². The maximum atomic E-state index is 12.4. The molecule has 2 aromatic carbocycles. The molecule has 8 heteroatoms. The van der Waals surface area contributed by atoms with Gasteiger partial charge in [0.1, 0.15) is 6.54 Å². The van der Waals surface area contributed by atoms with Crippen molar-refractivity contribution in [2.45, 2.75) is 33.9 Å². The van der Waals surface area contributed by atoms with Gasteiger partial charge in [-0.1, -0.05) is 42.0 Å². The monoisotopic (exact) mass is 401 g/mol. The molecule has 152 valence electrons. The first-order valence-corrected chi connectivity index (χ1v) is 9.71. The highest BCUT2D eigenvalue weighted by Gasteiger charge is 2.10. The van der Waals surface area contributed by atoms with Crippen LogP contribution in [0.25, 0.3) is 11.4 Å². The van der Waals surface area contributed by atoms with Crippen LogP contribution in [-0.2, 0) is 17.9 Å². The summed E-state index contributed by atoms with van der Waals surface area (Å²) < 4.78 is 1.95. The first kappa shape index (κ1) is 19.5. The number of carbonyl (C=O) groups is 1. The Morgan fingerprint density at radius 1 is 1.00 bits per heavy atom. The number of aryl methyl sites for hydroxylation is 3. The van der Waals surface area contributed by atoms with E-state index in [1.807, 2.05) is 80.1 Å². The van der Waals surface area contributed by atoms with Gasteiger partial charge in [0, 0.05) is 16.9 Å². The van der Waals surface area contributed by atoms with E-state index in [9.17, 15) is 4.79 Å². The quantitative estimate of drug-likeness (QED) is 0.536. The average Bonchev–Trinajstić information content (AvgIpc) is 3.28. The molecule has 0 fully saturated rings. The second kappa shape index (κ2) is 8.28. The fourth-order valence-corrected chi connectivity index (χ4v) is 3.21. The summed E-state index contributed by atoms with van der Waals surface area (Å²) in [5, 5.41) is 19.7. The molecular formula is C22H23N7O. The number of carbonyl (C=O) groups excluding carboxylic acids is 1. The Labute approximate surface area is 174 Å². The zero-order chi connectivity index (χ0) is 21.1. The lowest BCUT2D eigenvalue weighted by Crippen LogP contribution is -2.20. The number of hydrogen-bond acceptors (Lipinski definition) is 5. The second-order valence-electron chi connectivity index (χ2n) is 7.34. The third-order valence-corrected chi connectivity index (χ3v) is 4.69. The predicted molar refractivity (Wildman–Crippen MR) is 114 cm³/mol. The topological polar surface area (TPSA) is 90.5 Å². The standard InChI is InChI=1S/C22H23N7O/c1-15-7-9-19(10-8-15)22-24-27-29(26-22)14-21(30)23-20-6-4-5-18(12-20)13-28-17(3)11-16(2)25-28/h4-12H,13-14H2,1-3H3,(H,23,30). The zero-order valence-corrected chi connectivity index (χ0v) is 17.2. The minimum absolute atomic E-state index is 0.0133. The fourth-order valence-electron chi connectivity index (χ4n) is 3.21. The van der Waals surface area contributed by atoms with Crippen molar-refractivity contribution in [3.8, 4) is 11.4 Å². The van der Waals surface area contributed by atoms with Crippen molar-refractivity contribution >= 4 is 11.6 Å². The molecule has 0 atom stereocenters. The highest BCUT2D eigenvalue weighted by atomic mass is 16.2. The number of rotatable bonds is 6. The molecule has 8 nitrogen and oxygen atoms in total. The largest absolute Gasteiger partial charge is 0.324 e. The molecule has 1 amide bonds. The summed E-state index contributed by atoms with van der Waals surface area (Å²) in [6.45, 7) is 6.66. The number of amides is 1. The molecule has 0 saturated heterocycles. The molecule has 0 aliphatic rings. The number of anilines is 1. The molecule has 0 unspecified atom stereocenters. The van der Waals surface area contributed by atoms with Crippen LogP contribution in [-0.4, -0.2) is 35.9 Å². The van der Waals surface area contributed by atoms with Crippen molar-refractivity contribution in [2.75, 3.05) is 5.32 Å². The van der Waals surface area contributed by atoms with Gasteiger partial charge in [-0.2, -0.15) is 9.90 Å². The maximum Gasteiger partial charge on any atom is 0.248 e. The second-order valence-corrected chi connectivity index (χ2v) is 7.34. The Bertz CT molecular complexity index is 1170. The first-order chi connectivity index (χ1) is 14.5. The minimum atomic E-state index is -0.217. The summed E-state index contributed by atoms with van der Waals surface area (Å²) in [5.41, 5.74) is 5.89. The van der Waals surface area contributed by atoms with Crippen LogP contribution >= 0.6 is 0 Å².